The lowest BCUT2D eigenvalue weighted by molar-refractivity contribution is 0.255. The highest BCUT2D eigenvalue weighted by molar-refractivity contribution is 6.35. The second-order valence-corrected chi connectivity index (χ2v) is 6.54. The third-order valence-corrected chi connectivity index (χ3v) is 5.42. The van der Waals surface area contributed by atoms with Gasteiger partial charge in [-0.25, -0.2) is 0 Å². The van der Waals surface area contributed by atoms with E-state index in [2.05, 4.69) is 17.1 Å². The fourth-order valence-electron chi connectivity index (χ4n) is 4.11. The molecule has 2 heteroatoms. The van der Waals surface area contributed by atoms with Crippen LogP contribution in [0.2, 0.25) is 5.02 Å². The van der Waals surface area contributed by atoms with E-state index >= 15 is 0 Å². The fraction of sp³-hybridized carbons (Fsp3) is 0.500. The first kappa shape index (κ1) is 10.9. The SMILES string of the molecule is Clc1cccc2c3c([nH]c12)CCC1(CCCC1)C3. The molecule has 1 nitrogen and oxygen atoms in total. The number of nitrogens with one attached hydrogen (secondary N) is 1. The molecule has 0 amide bonds. The molecule has 1 fully saturated rings. The van der Waals surface area contributed by atoms with E-state index in [-0.39, 0.29) is 0 Å². The van der Waals surface area contributed by atoms with Crippen LogP contribution in [0.3, 0.4) is 0 Å². The number of para-hydroxylation sites is 1. The molecule has 1 spiro atoms. The number of H-pyrrole nitrogens is 1. The van der Waals surface area contributed by atoms with Gasteiger partial charge >= 0.3 is 0 Å². The van der Waals surface area contributed by atoms with Crippen molar-refractivity contribution in [1.29, 1.82) is 0 Å². The number of hydrogen-bond donors (Lipinski definition) is 1. The number of fused-ring (bicyclic) bond motifs is 3. The maximum atomic E-state index is 6.30. The van der Waals surface area contributed by atoms with Crippen LogP contribution in [0.5, 0.6) is 0 Å². The van der Waals surface area contributed by atoms with Crippen LogP contribution in [0.4, 0.5) is 0 Å². The molecule has 4 rings (SSSR count). The van der Waals surface area contributed by atoms with Crippen LogP contribution in [0, 0.1) is 5.41 Å². The predicted molar refractivity (Wildman–Crippen MR) is 76.2 cm³/mol. The van der Waals surface area contributed by atoms with Crippen molar-refractivity contribution in [2.75, 3.05) is 0 Å². The summed E-state index contributed by atoms with van der Waals surface area (Å²) in [5, 5.41) is 2.23. The van der Waals surface area contributed by atoms with E-state index in [9.17, 15) is 0 Å². The normalized spacial score (nSPS) is 21.6. The predicted octanol–water partition coefficient (Wildman–Crippen LogP) is 4.87. The first-order valence-electron chi connectivity index (χ1n) is 7.05. The Bertz CT molecular complexity index is 605. The van der Waals surface area contributed by atoms with Crippen molar-refractivity contribution in [2.24, 2.45) is 5.41 Å². The van der Waals surface area contributed by atoms with Crippen LogP contribution in [0.15, 0.2) is 18.2 Å². The Morgan fingerprint density at radius 3 is 2.78 bits per heavy atom. The van der Waals surface area contributed by atoms with Crippen molar-refractivity contribution in [3.05, 3.63) is 34.5 Å². The number of rotatable bonds is 0. The fourth-order valence-corrected chi connectivity index (χ4v) is 4.33. The van der Waals surface area contributed by atoms with Crippen LogP contribution in [0.1, 0.15) is 43.4 Å². The number of benzene rings is 1. The first-order valence-corrected chi connectivity index (χ1v) is 7.43. The van der Waals surface area contributed by atoms with E-state index in [1.165, 1.54) is 56.0 Å². The molecule has 0 radical (unpaired) electrons. The van der Waals surface area contributed by atoms with E-state index in [4.69, 9.17) is 11.6 Å². The summed E-state index contributed by atoms with van der Waals surface area (Å²) in [6, 6.07) is 6.29. The molecule has 1 aromatic carbocycles. The molecule has 2 aliphatic carbocycles. The summed E-state index contributed by atoms with van der Waals surface area (Å²) in [5.74, 6) is 0. The zero-order valence-corrected chi connectivity index (χ0v) is 11.3. The van der Waals surface area contributed by atoms with E-state index in [1.807, 2.05) is 6.07 Å². The molecular weight excluding hydrogens is 242 g/mol. The Kier molecular flexibility index (Phi) is 2.29. The number of aromatic nitrogens is 1. The van der Waals surface area contributed by atoms with Gasteiger partial charge in [0.2, 0.25) is 0 Å². The van der Waals surface area contributed by atoms with Gasteiger partial charge in [0.15, 0.2) is 0 Å². The number of aromatic amines is 1. The second kappa shape index (κ2) is 3.77. The van der Waals surface area contributed by atoms with E-state index in [0.717, 1.165) is 10.5 Å². The molecule has 1 saturated carbocycles. The van der Waals surface area contributed by atoms with Crippen LogP contribution >= 0.6 is 11.6 Å². The second-order valence-electron chi connectivity index (χ2n) is 6.13. The average molecular weight is 260 g/mol. The molecule has 0 unspecified atom stereocenters. The quantitative estimate of drug-likeness (QED) is 0.695. The molecule has 0 saturated heterocycles. The molecular formula is C16H18ClN. The van der Waals surface area contributed by atoms with Gasteiger partial charge < -0.3 is 4.98 Å². The molecule has 1 N–H and O–H groups in total. The average Bonchev–Trinajstić information content (AvgIpc) is 2.96. The van der Waals surface area contributed by atoms with Crippen molar-refractivity contribution >= 4 is 22.5 Å². The summed E-state index contributed by atoms with van der Waals surface area (Å²) < 4.78 is 0. The summed E-state index contributed by atoms with van der Waals surface area (Å²) >= 11 is 6.30. The molecule has 0 aliphatic heterocycles. The number of aryl methyl sites for hydroxylation is 1. The maximum Gasteiger partial charge on any atom is 0.0648 e. The maximum absolute atomic E-state index is 6.30. The Labute approximate surface area is 113 Å². The van der Waals surface area contributed by atoms with Crippen LogP contribution < -0.4 is 0 Å². The third kappa shape index (κ3) is 1.46. The highest BCUT2D eigenvalue weighted by Crippen LogP contribution is 2.49. The van der Waals surface area contributed by atoms with Crippen LogP contribution in [0.25, 0.3) is 10.9 Å². The summed E-state index contributed by atoms with van der Waals surface area (Å²) in [5.41, 5.74) is 4.76. The molecule has 0 bridgehead atoms. The van der Waals surface area contributed by atoms with Gasteiger partial charge in [-0.3, -0.25) is 0 Å². The summed E-state index contributed by atoms with van der Waals surface area (Å²) in [6.45, 7) is 0. The van der Waals surface area contributed by atoms with Gasteiger partial charge in [0, 0.05) is 11.1 Å². The van der Waals surface area contributed by atoms with E-state index < -0.39 is 0 Å². The largest absolute Gasteiger partial charge is 0.357 e. The number of hydrogen-bond acceptors (Lipinski definition) is 0. The summed E-state index contributed by atoms with van der Waals surface area (Å²) in [7, 11) is 0. The van der Waals surface area contributed by atoms with Gasteiger partial charge in [-0.2, -0.15) is 0 Å². The van der Waals surface area contributed by atoms with Gasteiger partial charge in [0.25, 0.3) is 0 Å². The van der Waals surface area contributed by atoms with Crippen molar-refractivity contribution in [3.8, 4) is 0 Å². The standard InChI is InChI=1S/C16H18ClN/c17-13-5-3-4-11-12-10-16(7-1-2-8-16)9-6-14(12)18-15(11)13/h3-5,18H,1-2,6-10H2. The minimum absolute atomic E-state index is 0.616. The lowest BCUT2D eigenvalue weighted by atomic mass is 9.72. The molecule has 94 valence electrons. The molecule has 18 heavy (non-hydrogen) atoms. The summed E-state index contributed by atoms with van der Waals surface area (Å²) in [6.07, 6.45) is 9.56. The Morgan fingerprint density at radius 1 is 1.11 bits per heavy atom. The van der Waals surface area contributed by atoms with E-state index in [1.54, 1.807) is 5.56 Å². The van der Waals surface area contributed by atoms with Crippen LogP contribution in [-0.4, -0.2) is 4.98 Å². The van der Waals surface area contributed by atoms with Crippen LogP contribution in [-0.2, 0) is 12.8 Å². The zero-order valence-electron chi connectivity index (χ0n) is 10.6. The van der Waals surface area contributed by atoms with Gasteiger partial charge in [-0.1, -0.05) is 36.6 Å². The lowest BCUT2D eigenvalue weighted by Crippen LogP contribution is -2.25. The Balaban J connectivity index is 1.87. The lowest BCUT2D eigenvalue weighted by Gasteiger charge is -2.33. The highest BCUT2D eigenvalue weighted by Gasteiger charge is 2.38. The van der Waals surface area contributed by atoms with Gasteiger partial charge in [-0.15, -0.1) is 0 Å². The Morgan fingerprint density at radius 2 is 1.94 bits per heavy atom. The van der Waals surface area contributed by atoms with Crippen molar-refractivity contribution < 1.29 is 0 Å². The molecule has 2 aliphatic rings. The molecule has 2 aromatic rings. The monoisotopic (exact) mass is 259 g/mol. The number of halogens is 1. The first-order chi connectivity index (χ1) is 8.77. The topological polar surface area (TPSA) is 15.8 Å². The van der Waals surface area contributed by atoms with Crippen molar-refractivity contribution in [2.45, 2.75) is 44.9 Å². The Hall–Kier alpha value is -0.950. The van der Waals surface area contributed by atoms with Crippen molar-refractivity contribution in [1.82, 2.24) is 4.98 Å². The van der Waals surface area contributed by atoms with Crippen molar-refractivity contribution in [3.63, 3.8) is 0 Å². The molecule has 1 heterocycles. The highest BCUT2D eigenvalue weighted by atomic mass is 35.5. The van der Waals surface area contributed by atoms with Gasteiger partial charge in [-0.05, 0) is 49.1 Å². The smallest absolute Gasteiger partial charge is 0.0648 e. The van der Waals surface area contributed by atoms with Gasteiger partial charge in [0.1, 0.15) is 0 Å². The summed E-state index contributed by atoms with van der Waals surface area (Å²) in [4.78, 5) is 3.56. The molecule has 1 aromatic heterocycles. The van der Waals surface area contributed by atoms with E-state index in [0.29, 0.717) is 5.41 Å². The third-order valence-electron chi connectivity index (χ3n) is 5.10. The minimum atomic E-state index is 0.616. The molecule has 0 atom stereocenters. The minimum Gasteiger partial charge on any atom is -0.357 e. The zero-order chi connectivity index (χ0) is 12.2. The van der Waals surface area contributed by atoms with Gasteiger partial charge in [0.05, 0.1) is 10.5 Å².